The summed E-state index contributed by atoms with van der Waals surface area (Å²) in [6, 6.07) is 5.54. The Morgan fingerprint density at radius 3 is 2.76 bits per heavy atom. The van der Waals surface area contributed by atoms with Gasteiger partial charge >= 0.3 is 0 Å². The lowest BCUT2D eigenvalue weighted by Gasteiger charge is -2.10. The number of hydrogen-bond acceptors (Lipinski definition) is 6. The van der Waals surface area contributed by atoms with Crippen molar-refractivity contribution in [2.75, 3.05) is 19.0 Å². The van der Waals surface area contributed by atoms with E-state index in [2.05, 4.69) is 15.5 Å². The van der Waals surface area contributed by atoms with Crippen LogP contribution in [-0.4, -0.2) is 29.8 Å². The number of benzene rings is 1. The molecular weight excluding hydrogens is 338 g/mol. The summed E-state index contributed by atoms with van der Waals surface area (Å²) >= 11 is 1.38. The topological polar surface area (TPSA) is 73.3 Å². The van der Waals surface area contributed by atoms with E-state index >= 15 is 0 Å². The predicted molar refractivity (Wildman–Crippen MR) is 100 cm³/mol. The summed E-state index contributed by atoms with van der Waals surface area (Å²) in [4.78, 5) is 12.0. The number of carbonyl (C=O) groups is 1. The molecule has 0 bridgehead atoms. The minimum absolute atomic E-state index is 0.253. The molecule has 1 aromatic heterocycles. The maximum Gasteiger partial charge on any atom is 0.250 e. The fourth-order valence-electron chi connectivity index (χ4n) is 1.96. The molecule has 0 saturated heterocycles. The van der Waals surface area contributed by atoms with Crippen molar-refractivity contribution in [3.63, 3.8) is 0 Å². The smallest absolute Gasteiger partial charge is 0.250 e. The molecule has 0 radical (unpaired) electrons. The molecule has 0 saturated carbocycles. The van der Waals surface area contributed by atoms with Crippen LogP contribution in [0.15, 0.2) is 24.3 Å². The van der Waals surface area contributed by atoms with Crippen LogP contribution in [0.1, 0.15) is 43.7 Å². The van der Waals surface area contributed by atoms with Gasteiger partial charge in [-0.3, -0.25) is 10.1 Å². The summed E-state index contributed by atoms with van der Waals surface area (Å²) < 4.78 is 11.0. The van der Waals surface area contributed by atoms with E-state index in [4.69, 9.17) is 9.47 Å². The number of nitrogens with zero attached hydrogens (tertiary/aromatic N) is 2. The summed E-state index contributed by atoms with van der Waals surface area (Å²) in [6.45, 7) is 6.75. The van der Waals surface area contributed by atoms with Crippen molar-refractivity contribution >= 4 is 28.5 Å². The number of aromatic nitrogens is 2. The monoisotopic (exact) mass is 361 g/mol. The number of anilines is 1. The molecule has 1 N–H and O–H groups in total. The molecule has 2 aromatic rings. The Morgan fingerprint density at radius 1 is 1.32 bits per heavy atom. The number of nitrogens with one attached hydrogen (secondary N) is 1. The quantitative estimate of drug-likeness (QED) is 0.716. The Bertz CT molecular complexity index is 741. The standard InChI is InChI=1S/C18H23N3O3S/c1-5-10-24-14-8-6-13(11-15(14)23-4)7-9-16(22)19-18-21-20-17(25-18)12(2)3/h6-9,11-12H,5,10H2,1-4H3,(H,19,21,22)/b9-7+. The molecule has 0 atom stereocenters. The summed E-state index contributed by atoms with van der Waals surface area (Å²) in [6.07, 6.45) is 4.10. The number of methoxy groups -OCH3 is 1. The molecular formula is C18H23N3O3S. The van der Waals surface area contributed by atoms with Crippen molar-refractivity contribution in [1.29, 1.82) is 0 Å². The molecule has 0 aliphatic carbocycles. The molecule has 6 nitrogen and oxygen atoms in total. The van der Waals surface area contributed by atoms with Crippen LogP contribution in [-0.2, 0) is 4.79 Å². The maximum absolute atomic E-state index is 12.0. The molecule has 1 amide bonds. The van der Waals surface area contributed by atoms with Gasteiger partial charge in [0.1, 0.15) is 5.01 Å². The van der Waals surface area contributed by atoms with E-state index in [-0.39, 0.29) is 5.91 Å². The van der Waals surface area contributed by atoms with Gasteiger partial charge < -0.3 is 9.47 Å². The Kier molecular flexibility index (Phi) is 6.94. The van der Waals surface area contributed by atoms with E-state index in [1.54, 1.807) is 13.2 Å². The van der Waals surface area contributed by atoms with E-state index in [9.17, 15) is 4.79 Å². The second-order valence-corrected chi connectivity index (χ2v) is 6.69. The molecule has 0 unspecified atom stereocenters. The lowest BCUT2D eigenvalue weighted by atomic mass is 10.2. The lowest BCUT2D eigenvalue weighted by molar-refractivity contribution is -0.111. The van der Waals surface area contributed by atoms with Gasteiger partial charge in [-0.2, -0.15) is 0 Å². The molecule has 1 aromatic carbocycles. The fourth-order valence-corrected chi connectivity index (χ4v) is 2.71. The molecule has 134 valence electrons. The number of amides is 1. The third-order valence-electron chi connectivity index (χ3n) is 3.24. The SMILES string of the molecule is CCCOc1ccc(/C=C/C(=O)Nc2nnc(C(C)C)s2)cc1OC. The Balaban J connectivity index is 2.01. The van der Waals surface area contributed by atoms with Gasteiger partial charge in [-0.1, -0.05) is 38.2 Å². The molecule has 0 aliphatic heterocycles. The first-order chi connectivity index (χ1) is 12.0. The van der Waals surface area contributed by atoms with Crippen LogP contribution in [0.5, 0.6) is 11.5 Å². The van der Waals surface area contributed by atoms with Crippen molar-refractivity contribution in [3.8, 4) is 11.5 Å². The molecule has 0 spiro atoms. The third kappa shape index (κ3) is 5.56. The highest BCUT2D eigenvalue weighted by atomic mass is 32.1. The molecule has 7 heteroatoms. The highest BCUT2D eigenvalue weighted by Crippen LogP contribution is 2.28. The zero-order chi connectivity index (χ0) is 18.2. The van der Waals surface area contributed by atoms with Crippen LogP contribution in [0.3, 0.4) is 0 Å². The predicted octanol–water partition coefficient (Wildman–Crippen LogP) is 4.11. The van der Waals surface area contributed by atoms with Crippen LogP contribution in [0.2, 0.25) is 0 Å². The minimum Gasteiger partial charge on any atom is -0.493 e. The number of ether oxygens (including phenoxy) is 2. The second kappa shape index (κ2) is 9.17. The van der Waals surface area contributed by atoms with Gasteiger partial charge in [-0.15, -0.1) is 10.2 Å². The maximum atomic E-state index is 12.0. The van der Waals surface area contributed by atoms with Crippen molar-refractivity contribution in [3.05, 3.63) is 34.8 Å². The van der Waals surface area contributed by atoms with Gasteiger partial charge in [-0.25, -0.2) is 0 Å². The van der Waals surface area contributed by atoms with Gasteiger partial charge in [0.15, 0.2) is 11.5 Å². The first-order valence-electron chi connectivity index (χ1n) is 8.16. The van der Waals surface area contributed by atoms with Crippen LogP contribution in [0, 0.1) is 0 Å². The Hall–Kier alpha value is -2.41. The summed E-state index contributed by atoms with van der Waals surface area (Å²) in [5, 5.41) is 12.1. The molecule has 25 heavy (non-hydrogen) atoms. The number of hydrogen-bond donors (Lipinski definition) is 1. The van der Waals surface area contributed by atoms with E-state index in [1.165, 1.54) is 17.4 Å². The minimum atomic E-state index is -0.253. The van der Waals surface area contributed by atoms with Crippen LogP contribution in [0.4, 0.5) is 5.13 Å². The van der Waals surface area contributed by atoms with E-state index in [1.807, 2.05) is 39.0 Å². The largest absolute Gasteiger partial charge is 0.493 e. The highest BCUT2D eigenvalue weighted by Gasteiger charge is 2.09. The molecule has 1 heterocycles. The van der Waals surface area contributed by atoms with E-state index < -0.39 is 0 Å². The number of carbonyl (C=O) groups excluding carboxylic acids is 1. The Labute approximate surface area is 151 Å². The van der Waals surface area contributed by atoms with E-state index in [0.717, 1.165) is 17.0 Å². The van der Waals surface area contributed by atoms with Gasteiger partial charge in [0.2, 0.25) is 11.0 Å². The first-order valence-corrected chi connectivity index (χ1v) is 8.98. The summed E-state index contributed by atoms with van der Waals surface area (Å²) in [7, 11) is 1.59. The summed E-state index contributed by atoms with van der Waals surface area (Å²) in [5.41, 5.74) is 0.844. The zero-order valence-electron chi connectivity index (χ0n) is 14.9. The van der Waals surface area contributed by atoms with Gasteiger partial charge in [0.05, 0.1) is 13.7 Å². The van der Waals surface area contributed by atoms with E-state index in [0.29, 0.717) is 29.2 Å². The van der Waals surface area contributed by atoms with Gasteiger partial charge in [-0.05, 0) is 30.2 Å². The normalized spacial score (nSPS) is 11.1. The van der Waals surface area contributed by atoms with Crippen molar-refractivity contribution in [2.45, 2.75) is 33.1 Å². The molecule has 0 aliphatic rings. The number of rotatable bonds is 8. The third-order valence-corrected chi connectivity index (χ3v) is 4.38. The van der Waals surface area contributed by atoms with Crippen LogP contribution < -0.4 is 14.8 Å². The molecule has 0 fully saturated rings. The molecule has 2 rings (SSSR count). The van der Waals surface area contributed by atoms with Gasteiger partial charge in [0.25, 0.3) is 0 Å². The van der Waals surface area contributed by atoms with Crippen molar-refractivity contribution < 1.29 is 14.3 Å². The van der Waals surface area contributed by atoms with Crippen LogP contribution >= 0.6 is 11.3 Å². The first kappa shape index (κ1) is 18.9. The Morgan fingerprint density at radius 2 is 2.12 bits per heavy atom. The second-order valence-electron chi connectivity index (χ2n) is 5.68. The lowest BCUT2D eigenvalue weighted by Crippen LogP contribution is -2.07. The average Bonchev–Trinajstić information content (AvgIpc) is 3.07. The van der Waals surface area contributed by atoms with Crippen molar-refractivity contribution in [1.82, 2.24) is 10.2 Å². The fraction of sp³-hybridized carbons (Fsp3) is 0.389. The highest BCUT2D eigenvalue weighted by molar-refractivity contribution is 7.15. The van der Waals surface area contributed by atoms with Crippen molar-refractivity contribution in [2.24, 2.45) is 0 Å². The van der Waals surface area contributed by atoms with Crippen LogP contribution in [0.25, 0.3) is 6.08 Å². The summed E-state index contributed by atoms with van der Waals surface area (Å²) in [5.74, 6) is 1.37. The average molecular weight is 361 g/mol. The van der Waals surface area contributed by atoms with Gasteiger partial charge in [0, 0.05) is 12.0 Å². The zero-order valence-corrected chi connectivity index (χ0v) is 15.7.